The predicted molar refractivity (Wildman–Crippen MR) is 53.2 cm³/mol. The van der Waals surface area contributed by atoms with E-state index in [4.69, 9.17) is 5.11 Å². The van der Waals surface area contributed by atoms with Crippen molar-refractivity contribution in [3.05, 3.63) is 11.2 Å². The third-order valence-corrected chi connectivity index (χ3v) is 2.90. The maximum absolute atomic E-state index is 13.2. The number of alkyl halides is 2. The van der Waals surface area contributed by atoms with E-state index in [1.54, 1.807) is 21.1 Å². The van der Waals surface area contributed by atoms with Gasteiger partial charge in [-0.05, 0) is 0 Å². The Morgan fingerprint density at radius 1 is 1.53 bits per heavy atom. The summed E-state index contributed by atoms with van der Waals surface area (Å²) in [5, 5.41) is 8.65. The van der Waals surface area contributed by atoms with Gasteiger partial charge < -0.3 is 5.11 Å². The Labute approximate surface area is 89.4 Å². The van der Waals surface area contributed by atoms with E-state index < -0.39 is 17.6 Å². The van der Waals surface area contributed by atoms with Gasteiger partial charge in [0.2, 0.25) is 5.00 Å². The standard InChI is InChI=1S/C8H10F2N2O2S/c1-12(2,3)6-5(11-4-15-6)8(9,10)7(13)14/h4H,1-3H3/p+1. The molecule has 0 fully saturated rings. The molecule has 4 nitrogen and oxygen atoms in total. The summed E-state index contributed by atoms with van der Waals surface area (Å²) < 4.78 is 26.6. The van der Waals surface area contributed by atoms with E-state index in [1.165, 1.54) is 5.51 Å². The molecule has 0 unspecified atom stereocenters. The number of rotatable bonds is 3. The molecular weight excluding hydrogens is 226 g/mol. The molecule has 0 saturated heterocycles. The Kier molecular flexibility index (Phi) is 2.79. The summed E-state index contributed by atoms with van der Waals surface area (Å²) in [6, 6.07) is 0. The van der Waals surface area contributed by atoms with E-state index in [-0.39, 0.29) is 9.48 Å². The van der Waals surface area contributed by atoms with Crippen molar-refractivity contribution in [2.45, 2.75) is 5.92 Å². The zero-order chi connectivity index (χ0) is 11.9. The second-order valence-corrected chi connectivity index (χ2v) is 4.73. The van der Waals surface area contributed by atoms with Crippen LogP contribution < -0.4 is 4.48 Å². The normalized spacial score (nSPS) is 12.9. The predicted octanol–water partition coefficient (Wildman–Crippen LogP) is 1.52. The fourth-order valence-corrected chi connectivity index (χ4v) is 1.90. The number of quaternary nitrogens is 1. The average Bonchev–Trinajstić information content (AvgIpc) is 2.49. The van der Waals surface area contributed by atoms with E-state index in [0.717, 1.165) is 11.3 Å². The summed E-state index contributed by atoms with van der Waals surface area (Å²) in [7, 11) is 5.03. The largest absolute Gasteiger partial charge is 0.476 e. The van der Waals surface area contributed by atoms with Crippen LogP contribution >= 0.6 is 11.3 Å². The molecule has 0 spiro atoms. The molecule has 1 aromatic rings. The molecule has 0 amide bonds. The van der Waals surface area contributed by atoms with Crippen LogP contribution in [-0.4, -0.2) is 37.2 Å². The van der Waals surface area contributed by atoms with Crippen molar-refractivity contribution in [3.8, 4) is 0 Å². The molecular formula is C8H11F2N2O2S+. The molecule has 1 N–H and O–H groups in total. The summed E-state index contributed by atoms with van der Waals surface area (Å²) in [6.45, 7) is 0. The maximum Gasteiger partial charge on any atom is 0.390 e. The Balaban J connectivity index is 3.28. The first-order valence-electron chi connectivity index (χ1n) is 4.04. The third kappa shape index (κ3) is 2.13. The topological polar surface area (TPSA) is 50.2 Å². The van der Waals surface area contributed by atoms with Crippen molar-refractivity contribution in [3.63, 3.8) is 0 Å². The van der Waals surface area contributed by atoms with E-state index in [1.807, 2.05) is 0 Å². The van der Waals surface area contributed by atoms with Crippen LogP contribution in [0.25, 0.3) is 0 Å². The first-order valence-corrected chi connectivity index (χ1v) is 4.92. The van der Waals surface area contributed by atoms with Gasteiger partial charge in [0, 0.05) is 0 Å². The number of carbonyl (C=O) groups is 1. The highest BCUT2D eigenvalue weighted by Crippen LogP contribution is 2.38. The summed E-state index contributed by atoms with van der Waals surface area (Å²) in [5.74, 6) is -6.11. The average molecular weight is 237 g/mol. The number of aromatic nitrogens is 1. The first kappa shape index (κ1) is 12.0. The number of nitrogens with zero attached hydrogens (tertiary/aromatic N) is 2. The quantitative estimate of drug-likeness (QED) is 0.811. The van der Waals surface area contributed by atoms with Gasteiger partial charge in [-0.3, -0.25) is 4.48 Å². The van der Waals surface area contributed by atoms with Crippen LogP contribution in [-0.2, 0) is 10.7 Å². The lowest BCUT2D eigenvalue weighted by Crippen LogP contribution is -2.37. The minimum atomic E-state index is -3.93. The summed E-state index contributed by atoms with van der Waals surface area (Å²) in [5.41, 5.74) is 0.554. The summed E-state index contributed by atoms with van der Waals surface area (Å²) >= 11 is 1.02. The Bertz CT molecular complexity index is 384. The van der Waals surface area contributed by atoms with Crippen LogP contribution in [0.5, 0.6) is 0 Å². The molecule has 15 heavy (non-hydrogen) atoms. The highest BCUT2D eigenvalue weighted by atomic mass is 32.1. The van der Waals surface area contributed by atoms with Gasteiger partial charge in [-0.1, -0.05) is 11.3 Å². The molecule has 0 saturated carbocycles. The molecule has 1 rings (SSSR count). The zero-order valence-electron chi connectivity index (χ0n) is 8.49. The number of hydrogen-bond acceptors (Lipinski definition) is 3. The first-order chi connectivity index (χ1) is 6.67. The highest BCUT2D eigenvalue weighted by Gasteiger charge is 2.48. The van der Waals surface area contributed by atoms with Gasteiger partial charge >= 0.3 is 11.9 Å². The summed E-state index contributed by atoms with van der Waals surface area (Å²) in [6.07, 6.45) is 0. The molecule has 0 aliphatic carbocycles. The molecule has 0 aromatic carbocycles. The molecule has 0 aliphatic heterocycles. The van der Waals surface area contributed by atoms with Gasteiger partial charge in [-0.25, -0.2) is 9.78 Å². The van der Waals surface area contributed by atoms with Gasteiger partial charge in [0.1, 0.15) is 0 Å². The Morgan fingerprint density at radius 2 is 2.07 bits per heavy atom. The van der Waals surface area contributed by atoms with Gasteiger partial charge in [-0.15, -0.1) is 0 Å². The Hall–Kier alpha value is -1.08. The van der Waals surface area contributed by atoms with Crippen LogP contribution in [0.2, 0.25) is 0 Å². The zero-order valence-corrected chi connectivity index (χ0v) is 9.31. The molecule has 0 bridgehead atoms. The minimum absolute atomic E-state index is 0.114. The molecule has 7 heteroatoms. The molecule has 0 aliphatic rings. The lowest BCUT2D eigenvalue weighted by atomic mass is 10.2. The number of hydrogen-bond donors (Lipinski definition) is 1. The van der Waals surface area contributed by atoms with E-state index in [9.17, 15) is 13.6 Å². The van der Waals surface area contributed by atoms with Gasteiger partial charge in [-0.2, -0.15) is 8.78 Å². The molecule has 0 radical (unpaired) electrons. The fraction of sp³-hybridized carbons (Fsp3) is 0.500. The van der Waals surface area contributed by atoms with Crippen molar-refractivity contribution in [2.75, 3.05) is 21.1 Å². The van der Waals surface area contributed by atoms with Crippen LogP contribution in [0.4, 0.5) is 13.8 Å². The maximum atomic E-state index is 13.2. The number of aliphatic carboxylic acids is 1. The van der Waals surface area contributed by atoms with Gasteiger partial charge in [0.05, 0.1) is 26.7 Å². The van der Waals surface area contributed by atoms with E-state index >= 15 is 0 Å². The van der Waals surface area contributed by atoms with E-state index in [0.29, 0.717) is 0 Å². The number of thiazole rings is 1. The second-order valence-electron chi connectivity index (χ2n) is 3.90. The lowest BCUT2D eigenvalue weighted by Gasteiger charge is -2.23. The molecule has 1 aromatic heterocycles. The fourth-order valence-electron chi connectivity index (χ4n) is 1.03. The van der Waals surface area contributed by atoms with Crippen LogP contribution in [0.15, 0.2) is 5.51 Å². The number of carboxylic acid groups (broad SMARTS) is 1. The smallest absolute Gasteiger partial charge is 0.390 e. The van der Waals surface area contributed by atoms with Crippen molar-refractivity contribution < 1.29 is 18.7 Å². The minimum Gasteiger partial charge on any atom is -0.476 e. The van der Waals surface area contributed by atoms with Gasteiger partial charge in [0.25, 0.3) is 0 Å². The van der Waals surface area contributed by atoms with Crippen molar-refractivity contribution >= 4 is 22.3 Å². The number of carboxylic acids is 1. The number of halogens is 2. The molecule has 0 atom stereocenters. The van der Waals surface area contributed by atoms with Crippen LogP contribution in [0, 0.1) is 0 Å². The van der Waals surface area contributed by atoms with Crippen molar-refractivity contribution in [1.82, 2.24) is 9.47 Å². The summed E-state index contributed by atoms with van der Waals surface area (Å²) in [4.78, 5) is 13.9. The van der Waals surface area contributed by atoms with E-state index in [2.05, 4.69) is 4.98 Å². The van der Waals surface area contributed by atoms with Crippen molar-refractivity contribution in [1.29, 1.82) is 0 Å². The second kappa shape index (κ2) is 3.49. The SMILES string of the molecule is C[N+](C)(C)c1scnc1C(F)(F)C(=O)O. The highest BCUT2D eigenvalue weighted by molar-refractivity contribution is 7.13. The monoisotopic (exact) mass is 237 g/mol. The Morgan fingerprint density at radius 3 is 2.47 bits per heavy atom. The third-order valence-electron chi connectivity index (χ3n) is 1.72. The molecule has 84 valence electrons. The molecule has 1 heterocycles. The van der Waals surface area contributed by atoms with Crippen LogP contribution in [0.1, 0.15) is 5.69 Å². The van der Waals surface area contributed by atoms with Crippen molar-refractivity contribution in [2.24, 2.45) is 0 Å². The lowest BCUT2D eigenvalue weighted by molar-refractivity contribution is -0.166. The van der Waals surface area contributed by atoms with Gasteiger partial charge in [0.15, 0.2) is 5.69 Å². The van der Waals surface area contributed by atoms with Crippen LogP contribution in [0.3, 0.4) is 0 Å².